The number of nitrogens with zero attached hydrogens (tertiary/aromatic N) is 4. The molecule has 0 bridgehead atoms. The topological polar surface area (TPSA) is 56.2 Å². The van der Waals surface area contributed by atoms with Crippen molar-refractivity contribution in [2.45, 2.75) is 20.8 Å². The fraction of sp³-hybridized carbons (Fsp3) is 0.450. The minimum atomic E-state index is -0.184. The monoisotopic (exact) mass is 386 g/mol. The maximum atomic E-state index is 12.3. The van der Waals surface area contributed by atoms with Crippen molar-refractivity contribution in [2.75, 3.05) is 44.2 Å². The van der Waals surface area contributed by atoms with Crippen LogP contribution in [-0.2, 0) is 9.59 Å². The van der Waals surface area contributed by atoms with Crippen molar-refractivity contribution in [2.24, 2.45) is 4.99 Å². The summed E-state index contributed by atoms with van der Waals surface area (Å²) < 4.78 is 0. The lowest BCUT2D eigenvalue weighted by atomic mass is 10.2. The zero-order chi connectivity index (χ0) is 19.4. The smallest absolute Gasteiger partial charge is 0.286 e. The maximum absolute atomic E-state index is 12.3. The molecule has 0 atom stereocenters. The Kier molecular flexibility index (Phi) is 6.21. The molecule has 0 spiro atoms. The Hall–Kier alpha value is -2.28. The van der Waals surface area contributed by atoms with Gasteiger partial charge in [-0.1, -0.05) is 12.1 Å². The number of amidine groups is 1. The van der Waals surface area contributed by atoms with E-state index in [0.717, 1.165) is 23.8 Å². The Balaban J connectivity index is 1.64. The van der Waals surface area contributed by atoms with E-state index in [-0.39, 0.29) is 11.8 Å². The largest absolute Gasteiger partial charge is 0.372 e. The van der Waals surface area contributed by atoms with Crippen molar-refractivity contribution in [1.82, 2.24) is 9.80 Å². The highest BCUT2D eigenvalue weighted by molar-refractivity contribution is 8.18. The lowest BCUT2D eigenvalue weighted by Crippen LogP contribution is -2.49. The third-order valence-corrected chi connectivity index (χ3v) is 5.97. The second kappa shape index (κ2) is 8.61. The number of rotatable bonds is 4. The van der Waals surface area contributed by atoms with E-state index in [9.17, 15) is 9.59 Å². The lowest BCUT2D eigenvalue weighted by molar-refractivity contribution is -0.130. The molecule has 144 valence electrons. The minimum Gasteiger partial charge on any atom is -0.372 e. The highest BCUT2D eigenvalue weighted by Gasteiger charge is 2.28. The van der Waals surface area contributed by atoms with Gasteiger partial charge in [0.25, 0.3) is 5.91 Å². The third-order valence-electron chi connectivity index (χ3n) is 4.92. The number of aliphatic imine (C=N–C) groups is 1. The molecule has 3 rings (SSSR count). The van der Waals surface area contributed by atoms with Crippen molar-refractivity contribution in [1.29, 1.82) is 0 Å². The summed E-state index contributed by atoms with van der Waals surface area (Å²) >= 11 is 1.42. The van der Waals surface area contributed by atoms with Gasteiger partial charge in [0, 0.05) is 51.9 Å². The molecule has 6 nitrogen and oxygen atoms in total. The van der Waals surface area contributed by atoms with E-state index in [0.29, 0.717) is 31.1 Å². The van der Waals surface area contributed by atoms with Crippen LogP contribution in [0.1, 0.15) is 26.3 Å². The molecule has 0 unspecified atom stereocenters. The van der Waals surface area contributed by atoms with Gasteiger partial charge >= 0.3 is 0 Å². The van der Waals surface area contributed by atoms with Gasteiger partial charge in [-0.2, -0.15) is 4.99 Å². The van der Waals surface area contributed by atoms with Gasteiger partial charge in [0.1, 0.15) is 0 Å². The molecule has 1 aromatic rings. The molecule has 0 aliphatic carbocycles. The summed E-state index contributed by atoms with van der Waals surface area (Å²) in [6, 6.07) is 8.26. The lowest BCUT2D eigenvalue weighted by Gasteiger charge is -2.34. The molecular formula is C20H26N4O2S. The summed E-state index contributed by atoms with van der Waals surface area (Å²) in [5.74, 6) is -0.0858. The van der Waals surface area contributed by atoms with E-state index >= 15 is 0 Å². The second-order valence-electron chi connectivity index (χ2n) is 6.57. The van der Waals surface area contributed by atoms with E-state index in [4.69, 9.17) is 0 Å². The van der Waals surface area contributed by atoms with Gasteiger partial charge in [0.2, 0.25) is 5.91 Å². The summed E-state index contributed by atoms with van der Waals surface area (Å²) in [6.45, 7) is 10.6. The van der Waals surface area contributed by atoms with E-state index in [1.807, 2.05) is 23.1 Å². The van der Waals surface area contributed by atoms with E-state index in [1.165, 1.54) is 17.4 Å². The van der Waals surface area contributed by atoms with Crippen molar-refractivity contribution in [3.63, 3.8) is 0 Å². The molecule has 1 aromatic carbocycles. The van der Waals surface area contributed by atoms with Gasteiger partial charge in [-0.3, -0.25) is 9.59 Å². The number of amides is 2. The number of anilines is 1. The van der Waals surface area contributed by atoms with Crippen molar-refractivity contribution >= 4 is 40.5 Å². The Morgan fingerprint density at radius 3 is 2.33 bits per heavy atom. The first-order chi connectivity index (χ1) is 13.0. The predicted molar refractivity (Wildman–Crippen MR) is 112 cm³/mol. The van der Waals surface area contributed by atoms with Crippen LogP contribution in [0.25, 0.3) is 6.08 Å². The quantitative estimate of drug-likeness (QED) is 0.745. The zero-order valence-electron chi connectivity index (χ0n) is 16.1. The second-order valence-corrected chi connectivity index (χ2v) is 7.58. The predicted octanol–water partition coefficient (Wildman–Crippen LogP) is 2.67. The molecule has 0 radical (unpaired) electrons. The van der Waals surface area contributed by atoms with Crippen molar-refractivity contribution < 1.29 is 9.59 Å². The Labute approximate surface area is 164 Å². The molecular weight excluding hydrogens is 360 g/mol. The third kappa shape index (κ3) is 4.53. The average molecular weight is 387 g/mol. The number of thioether (sulfide) groups is 1. The number of hydrogen-bond donors (Lipinski definition) is 0. The van der Waals surface area contributed by atoms with E-state index < -0.39 is 0 Å². The normalized spacial score (nSPS) is 18.9. The summed E-state index contributed by atoms with van der Waals surface area (Å²) in [6.07, 6.45) is 1.90. The number of carbonyl (C=O) groups is 2. The number of benzene rings is 1. The molecule has 2 heterocycles. The molecule has 27 heavy (non-hydrogen) atoms. The van der Waals surface area contributed by atoms with Crippen LogP contribution in [0.4, 0.5) is 5.69 Å². The van der Waals surface area contributed by atoms with Crippen LogP contribution < -0.4 is 4.90 Å². The van der Waals surface area contributed by atoms with Crippen molar-refractivity contribution in [3.8, 4) is 0 Å². The molecule has 2 amide bonds. The minimum absolute atomic E-state index is 0.0977. The molecule has 0 aromatic heterocycles. The van der Waals surface area contributed by atoms with Crippen LogP contribution in [0.3, 0.4) is 0 Å². The van der Waals surface area contributed by atoms with Crippen LogP contribution in [-0.4, -0.2) is 66.1 Å². The summed E-state index contributed by atoms with van der Waals surface area (Å²) in [7, 11) is 0. The van der Waals surface area contributed by atoms with Gasteiger partial charge in [0.15, 0.2) is 5.17 Å². The van der Waals surface area contributed by atoms with Gasteiger partial charge < -0.3 is 14.7 Å². The fourth-order valence-electron chi connectivity index (χ4n) is 3.27. The molecule has 1 saturated heterocycles. The maximum Gasteiger partial charge on any atom is 0.286 e. The van der Waals surface area contributed by atoms with Crippen LogP contribution in [0.15, 0.2) is 34.2 Å². The van der Waals surface area contributed by atoms with Crippen LogP contribution in [0, 0.1) is 0 Å². The first-order valence-corrected chi connectivity index (χ1v) is 10.2. The van der Waals surface area contributed by atoms with E-state index in [1.54, 1.807) is 6.92 Å². The van der Waals surface area contributed by atoms with Gasteiger partial charge in [-0.25, -0.2) is 0 Å². The van der Waals surface area contributed by atoms with Crippen LogP contribution in [0.2, 0.25) is 0 Å². The van der Waals surface area contributed by atoms with Gasteiger partial charge in [-0.15, -0.1) is 0 Å². The summed E-state index contributed by atoms with van der Waals surface area (Å²) in [5.41, 5.74) is 2.19. The summed E-state index contributed by atoms with van der Waals surface area (Å²) in [4.78, 5) is 34.8. The standard InChI is InChI=1S/C20H26N4O2S/c1-4-22(5-2)17-8-6-16(7-9-17)14-18-19(26)21-20(27-18)24-12-10-23(11-13-24)15(3)25/h6-9,14H,4-5,10-13H2,1-3H3/b18-14-. The fourth-order valence-corrected chi connectivity index (χ4v) is 4.23. The van der Waals surface area contributed by atoms with E-state index in [2.05, 4.69) is 40.8 Å². The van der Waals surface area contributed by atoms with Crippen molar-refractivity contribution in [3.05, 3.63) is 34.7 Å². The summed E-state index contributed by atoms with van der Waals surface area (Å²) in [5, 5.41) is 0.745. The van der Waals surface area contributed by atoms with Crippen LogP contribution >= 0.6 is 11.8 Å². The first-order valence-electron chi connectivity index (χ1n) is 9.39. The van der Waals surface area contributed by atoms with Crippen LogP contribution in [0.5, 0.6) is 0 Å². The number of piperazine rings is 1. The molecule has 2 aliphatic rings. The number of carbonyl (C=O) groups excluding carboxylic acids is 2. The zero-order valence-corrected chi connectivity index (χ0v) is 17.0. The Morgan fingerprint density at radius 1 is 1.15 bits per heavy atom. The van der Waals surface area contributed by atoms with Gasteiger partial charge in [-0.05, 0) is 49.4 Å². The highest BCUT2D eigenvalue weighted by Crippen LogP contribution is 2.31. The molecule has 1 fully saturated rings. The first kappa shape index (κ1) is 19.5. The Bertz CT molecular complexity index is 761. The SMILES string of the molecule is CCN(CC)c1ccc(/C=C2\SC(N3CCN(C(C)=O)CC3)=NC2=O)cc1. The molecule has 7 heteroatoms. The Morgan fingerprint density at radius 2 is 1.78 bits per heavy atom. The molecule has 2 aliphatic heterocycles. The molecule has 0 N–H and O–H groups in total. The average Bonchev–Trinajstić information content (AvgIpc) is 3.04. The van der Waals surface area contributed by atoms with Gasteiger partial charge in [0.05, 0.1) is 4.91 Å². The number of hydrogen-bond acceptors (Lipinski definition) is 5. The highest BCUT2D eigenvalue weighted by atomic mass is 32.2. The molecule has 0 saturated carbocycles.